The largest absolute Gasteiger partial charge is 0.379 e. The third-order valence-electron chi connectivity index (χ3n) is 3.15. The van der Waals surface area contributed by atoms with Crippen LogP contribution in [0.25, 0.3) is 0 Å². The molecule has 0 spiro atoms. The highest BCUT2D eigenvalue weighted by molar-refractivity contribution is 5.95. The Balaban J connectivity index is 1.78. The first-order chi connectivity index (χ1) is 8.77. The summed E-state index contributed by atoms with van der Waals surface area (Å²) in [4.78, 5) is 13.6. The first-order valence-corrected chi connectivity index (χ1v) is 6.31. The molecule has 0 aliphatic carbocycles. The van der Waals surface area contributed by atoms with Gasteiger partial charge in [0.1, 0.15) is 0 Å². The van der Waals surface area contributed by atoms with Gasteiger partial charge in [0, 0.05) is 25.1 Å². The maximum absolute atomic E-state index is 13.9. The van der Waals surface area contributed by atoms with E-state index in [9.17, 15) is 9.18 Å². The van der Waals surface area contributed by atoms with Crippen LogP contribution in [0.1, 0.15) is 23.2 Å². The van der Waals surface area contributed by atoms with Gasteiger partial charge in [0.2, 0.25) is 0 Å². The van der Waals surface area contributed by atoms with Crippen LogP contribution < -0.4 is 0 Å². The number of nitrogens with zero attached hydrogens (tertiary/aromatic N) is 1. The summed E-state index contributed by atoms with van der Waals surface area (Å²) in [6, 6.07) is 9.04. The number of hydrogen-bond acceptors (Lipinski definition) is 3. The molecule has 98 valence electrons. The number of carbonyl (C=O) groups excluding carboxylic acids is 1. The number of ketones is 1. The van der Waals surface area contributed by atoms with E-state index in [1.165, 1.54) is 0 Å². The van der Waals surface area contributed by atoms with Gasteiger partial charge in [-0.1, -0.05) is 30.3 Å². The lowest BCUT2D eigenvalue weighted by atomic mass is 10.1. The average molecular weight is 251 g/mol. The summed E-state index contributed by atoms with van der Waals surface area (Å²) in [5, 5.41) is 0. The van der Waals surface area contributed by atoms with Crippen molar-refractivity contribution in [1.29, 1.82) is 0 Å². The second kappa shape index (κ2) is 6.61. The van der Waals surface area contributed by atoms with Crippen LogP contribution in [-0.2, 0) is 4.74 Å². The van der Waals surface area contributed by atoms with Crippen molar-refractivity contribution in [2.24, 2.45) is 0 Å². The summed E-state index contributed by atoms with van der Waals surface area (Å²) in [7, 11) is 0. The van der Waals surface area contributed by atoms with E-state index in [1.807, 2.05) is 18.2 Å². The van der Waals surface area contributed by atoms with Crippen LogP contribution in [0.5, 0.6) is 0 Å². The normalized spacial score (nSPS) is 18.5. The third kappa shape index (κ3) is 3.62. The molecule has 0 aromatic heterocycles. The van der Waals surface area contributed by atoms with Gasteiger partial charge in [0.15, 0.2) is 12.1 Å². The summed E-state index contributed by atoms with van der Waals surface area (Å²) in [5.74, 6) is 0.00603. The number of alkyl halides is 1. The molecular formula is C14H18FNO2. The van der Waals surface area contributed by atoms with E-state index in [0.717, 1.165) is 0 Å². The summed E-state index contributed by atoms with van der Waals surface area (Å²) in [6.07, 6.45) is -0.530. The third-order valence-corrected chi connectivity index (χ3v) is 3.15. The molecule has 1 aliphatic heterocycles. The highest BCUT2D eigenvalue weighted by atomic mass is 19.1. The van der Waals surface area contributed by atoms with Crippen LogP contribution in [-0.4, -0.2) is 43.3 Å². The van der Waals surface area contributed by atoms with E-state index in [0.29, 0.717) is 31.9 Å². The van der Waals surface area contributed by atoms with Crippen molar-refractivity contribution < 1.29 is 13.9 Å². The zero-order chi connectivity index (χ0) is 12.8. The Morgan fingerprint density at radius 2 is 1.94 bits per heavy atom. The van der Waals surface area contributed by atoms with E-state index < -0.39 is 6.30 Å². The molecule has 0 N–H and O–H groups in total. The van der Waals surface area contributed by atoms with Gasteiger partial charge in [0.05, 0.1) is 13.2 Å². The molecule has 1 heterocycles. The molecule has 1 saturated heterocycles. The lowest BCUT2D eigenvalue weighted by molar-refractivity contribution is -0.0232. The molecule has 1 aromatic carbocycles. The minimum absolute atomic E-state index is 0.00603. The van der Waals surface area contributed by atoms with Gasteiger partial charge in [-0.3, -0.25) is 9.69 Å². The number of morpholine rings is 1. The van der Waals surface area contributed by atoms with Crippen LogP contribution in [0.3, 0.4) is 0 Å². The predicted octanol–water partition coefficient (Wildman–Crippen LogP) is 2.28. The maximum Gasteiger partial charge on any atom is 0.163 e. The Bertz CT molecular complexity index is 377. The fourth-order valence-corrected chi connectivity index (χ4v) is 2.06. The van der Waals surface area contributed by atoms with Crippen LogP contribution >= 0.6 is 0 Å². The maximum atomic E-state index is 13.9. The number of rotatable bonds is 5. The second-order valence-corrected chi connectivity index (χ2v) is 4.41. The average Bonchev–Trinajstić information content (AvgIpc) is 2.46. The van der Waals surface area contributed by atoms with E-state index in [1.54, 1.807) is 17.0 Å². The van der Waals surface area contributed by atoms with Crippen molar-refractivity contribution in [1.82, 2.24) is 4.90 Å². The Kier molecular flexibility index (Phi) is 4.84. The Morgan fingerprint density at radius 1 is 1.28 bits per heavy atom. The molecule has 1 fully saturated rings. The monoisotopic (exact) mass is 251 g/mol. The van der Waals surface area contributed by atoms with Gasteiger partial charge in [-0.15, -0.1) is 0 Å². The lowest BCUT2D eigenvalue weighted by Gasteiger charge is -2.29. The van der Waals surface area contributed by atoms with E-state index >= 15 is 0 Å². The molecule has 1 atom stereocenters. The predicted molar refractivity (Wildman–Crippen MR) is 67.3 cm³/mol. The molecule has 0 saturated carbocycles. The van der Waals surface area contributed by atoms with Gasteiger partial charge in [-0.2, -0.15) is 0 Å². The van der Waals surface area contributed by atoms with Crippen molar-refractivity contribution in [3.63, 3.8) is 0 Å². The van der Waals surface area contributed by atoms with E-state index in [4.69, 9.17) is 4.74 Å². The van der Waals surface area contributed by atoms with Crippen LogP contribution in [0, 0.1) is 0 Å². The minimum Gasteiger partial charge on any atom is -0.379 e. The number of ether oxygens (including phenoxy) is 1. The first kappa shape index (κ1) is 13.2. The Hall–Kier alpha value is -1.26. The SMILES string of the molecule is O=C(CCC(F)N1CCOCC1)c1ccccc1. The molecule has 3 nitrogen and oxygen atoms in total. The number of Topliss-reactive ketones (excluding diaryl/α,β-unsaturated/α-hetero) is 1. The minimum atomic E-state index is -1.04. The summed E-state index contributed by atoms with van der Waals surface area (Å²) < 4.78 is 19.1. The highest BCUT2D eigenvalue weighted by Crippen LogP contribution is 2.13. The highest BCUT2D eigenvalue weighted by Gasteiger charge is 2.21. The molecule has 2 rings (SSSR count). The van der Waals surface area contributed by atoms with Crippen molar-refractivity contribution in [2.45, 2.75) is 19.1 Å². The topological polar surface area (TPSA) is 29.5 Å². The van der Waals surface area contributed by atoms with Gasteiger partial charge in [-0.05, 0) is 6.42 Å². The molecule has 0 bridgehead atoms. The fraction of sp³-hybridized carbons (Fsp3) is 0.500. The Morgan fingerprint density at radius 3 is 2.61 bits per heavy atom. The molecule has 1 aromatic rings. The summed E-state index contributed by atoms with van der Waals surface area (Å²) in [6.45, 7) is 2.38. The Labute approximate surface area is 107 Å². The van der Waals surface area contributed by atoms with Gasteiger partial charge in [0.25, 0.3) is 0 Å². The molecule has 4 heteroatoms. The smallest absolute Gasteiger partial charge is 0.163 e. The lowest BCUT2D eigenvalue weighted by Crippen LogP contribution is -2.41. The second-order valence-electron chi connectivity index (χ2n) is 4.41. The van der Waals surface area contributed by atoms with Crippen molar-refractivity contribution in [3.8, 4) is 0 Å². The molecule has 1 unspecified atom stereocenters. The molecule has 0 amide bonds. The summed E-state index contributed by atoms with van der Waals surface area (Å²) in [5.41, 5.74) is 0.659. The number of halogens is 1. The van der Waals surface area contributed by atoms with Crippen LogP contribution in [0.4, 0.5) is 4.39 Å². The van der Waals surface area contributed by atoms with Crippen molar-refractivity contribution in [3.05, 3.63) is 35.9 Å². The van der Waals surface area contributed by atoms with Crippen molar-refractivity contribution in [2.75, 3.05) is 26.3 Å². The number of benzene rings is 1. The van der Waals surface area contributed by atoms with Crippen LogP contribution in [0.2, 0.25) is 0 Å². The fourth-order valence-electron chi connectivity index (χ4n) is 2.06. The molecule has 1 aliphatic rings. The zero-order valence-corrected chi connectivity index (χ0v) is 10.3. The zero-order valence-electron chi connectivity index (χ0n) is 10.3. The van der Waals surface area contributed by atoms with Gasteiger partial charge < -0.3 is 4.74 Å². The number of carbonyl (C=O) groups is 1. The molecule has 18 heavy (non-hydrogen) atoms. The number of hydrogen-bond donors (Lipinski definition) is 0. The quantitative estimate of drug-likeness (QED) is 0.594. The molecule has 0 radical (unpaired) electrons. The van der Waals surface area contributed by atoms with Gasteiger partial charge >= 0.3 is 0 Å². The standard InChI is InChI=1S/C14H18FNO2/c15-14(16-8-10-18-11-9-16)7-6-13(17)12-4-2-1-3-5-12/h1-5,14H,6-11H2. The van der Waals surface area contributed by atoms with Crippen molar-refractivity contribution >= 4 is 5.78 Å². The summed E-state index contributed by atoms with van der Waals surface area (Å²) >= 11 is 0. The van der Waals surface area contributed by atoms with Crippen LogP contribution in [0.15, 0.2) is 30.3 Å². The molecular weight excluding hydrogens is 233 g/mol. The van der Waals surface area contributed by atoms with Gasteiger partial charge in [-0.25, -0.2) is 4.39 Å². The van der Waals surface area contributed by atoms with E-state index in [2.05, 4.69) is 0 Å². The van der Waals surface area contributed by atoms with E-state index in [-0.39, 0.29) is 18.6 Å². The first-order valence-electron chi connectivity index (χ1n) is 6.31.